The fourth-order valence-corrected chi connectivity index (χ4v) is 2.51. The first kappa shape index (κ1) is 13.5. The molecule has 0 amide bonds. The molecule has 106 valence electrons. The van der Waals surface area contributed by atoms with E-state index in [-0.39, 0.29) is 5.76 Å². The molecule has 3 rings (SSSR count). The zero-order valence-electron chi connectivity index (χ0n) is 11.7. The summed E-state index contributed by atoms with van der Waals surface area (Å²) in [5, 5.41) is 10.5. The van der Waals surface area contributed by atoms with Crippen molar-refractivity contribution in [1.82, 2.24) is 4.98 Å². The van der Waals surface area contributed by atoms with Crippen molar-refractivity contribution in [3.8, 4) is 11.1 Å². The van der Waals surface area contributed by atoms with Gasteiger partial charge in [-0.3, -0.25) is 0 Å². The lowest BCUT2D eigenvalue weighted by molar-refractivity contribution is 0.369. The summed E-state index contributed by atoms with van der Waals surface area (Å²) in [4.78, 5) is 3.24. The molecule has 3 heteroatoms. The van der Waals surface area contributed by atoms with Crippen LogP contribution in [0.3, 0.4) is 0 Å². The van der Waals surface area contributed by atoms with Crippen LogP contribution < -0.4 is 5.73 Å². The monoisotopic (exact) mass is 278 g/mol. The topological polar surface area (TPSA) is 62.0 Å². The van der Waals surface area contributed by atoms with Crippen LogP contribution >= 0.6 is 0 Å². The van der Waals surface area contributed by atoms with E-state index >= 15 is 0 Å². The molecule has 0 bridgehead atoms. The highest BCUT2D eigenvalue weighted by atomic mass is 16.3. The first-order chi connectivity index (χ1) is 10.1. The molecule has 1 atom stereocenters. The van der Waals surface area contributed by atoms with Crippen molar-refractivity contribution in [3.05, 3.63) is 72.6 Å². The normalized spacial score (nSPS) is 12.4. The molecule has 21 heavy (non-hydrogen) atoms. The van der Waals surface area contributed by atoms with Gasteiger partial charge in [0.2, 0.25) is 0 Å². The third-order valence-electron chi connectivity index (χ3n) is 3.74. The summed E-state index contributed by atoms with van der Waals surface area (Å²) in [7, 11) is 0. The van der Waals surface area contributed by atoms with Crippen molar-refractivity contribution >= 4 is 10.9 Å². The molecule has 3 nitrogen and oxygen atoms in total. The number of hydrogen-bond donors (Lipinski definition) is 3. The van der Waals surface area contributed by atoms with Crippen LogP contribution in [0.5, 0.6) is 0 Å². The van der Waals surface area contributed by atoms with E-state index in [1.807, 2.05) is 24.4 Å². The zero-order chi connectivity index (χ0) is 14.8. The minimum Gasteiger partial charge on any atom is -0.511 e. The van der Waals surface area contributed by atoms with Crippen LogP contribution in [0.2, 0.25) is 0 Å². The quantitative estimate of drug-likeness (QED) is 0.636. The maximum Gasteiger partial charge on any atom is 0.102 e. The highest BCUT2D eigenvalue weighted by Crippen LogP contribution is 2.27. The highest BCUT2D eigenvalue weighted by molar-refractivity contribution is 5.88. The Balaban J connectivity index is 2.02. The number of fused-ring (bicyclic) bond motifs is 1. The van der Waals surface area contributed by atoms with Crippen LogP contribution in [0.1, 0.15) is 5.56 Å². The number of aliphatic hydroxyl groups excluding tert-OH is 1. The fourth-order valence-electron chi connectivity index (χ4n) is 2.51. The molecule has 0 radical (unpaired) electrons. The second-order valence-corrected chi connectivity index (χ2v) is 5.24. The predicted octanol–water partition coefficient (Wildman–Crippen LogP) is 3.78. The van der Waals surface area contributed by atoms with Gasteiger partial charge in [0.05, 0.1) is 6.04 Å². The number of H-pyrrole nitrogens is 1. The van der Waals surface area contributed by atoms with Gasteiger partial charge >= 0.3 is 0 Å². The van der Waals surface area contributed by atoms with Gasteiger partial charge < -0.3 is 15.8 Å². The first-order valence-electron chi connectivity index (χ1n) is 6.94. The van der Waals surface area contributed by atoms with Gasteiger partial charge in [0.15, 0.2) is 0 Å². The Labute approximate surface area is 123 Å². The van der Waals surface area contributed by atoms with Gasteiger partial charge in [-0.25, -0.2) is 0 Å². The van der Waals surface area contributed by atoms with Crippen LogP contribution in [0.25, 0.3) is 22.0 Å². The number of hydrogen-bond acceptors (Lipinski definition) is 2. The van der Waals surface area contributed by atoms with E-state index < -0.39 is 6.04 Å². The lowest BCUT2D eigenvalue weighted by Crippen LogP contribution is -2.24. The van der Waals surface area contributed by atoms with Crippen LogP contribution in [0.4, 0.5) is 0 Å². The molecule has 1 unspecified atom stereocenters. The molecule has 1 aromatic heterocycles. The van der Waals surface area contributed by atoms with Gasteiger partial charge in [0.25, 0.3) is 0 Å². The molecule has 0 aliphatic heterocycles. The summed E-state index contributed by atoms with van der Waals surface area (Å²) in [6.07, 6.45) is 2.51. The summed E-state index contributed by atoms with van der Waals surface area (Å²) in [6.45, 7) is 3.50. The molecule has 0 spiro atoms. The number of aliphatic hydroxyl groups is 1. The first-order valence-corrected chi connectivity index (χ1v) is 6.94. The van der Waals surface area contributed by atoms with Crippen LogP contribution in [0.15, 0.2) is 67.1 Å². The van der Waals surface area contributed by atoms with Gasteiger partial charge in [-0.15, -0.1) is 0 Å². The van der Waals surface area contributed by atoms with E-state index in [4.69, 9.17) is 5.73 Å². The molecule has 0 aliphatic carbocycles. The minimum atomic E-state index is -0.440. The Morgan fingerprint density at radius 1 is 1.14 bits per heavy atom. The Bertz CT molecular complexity index is 774. The zero-order valence-corrected chi connectivity index (χ0v) is 11.7. The Hall–Kier alpha value is -2.52. The van der Waals surface area contributed by atoms with E-state index in [1.54, 1.807) is 0 Å². The summed E-state index contributed by atoms with van der Waals surface area (Å²) in [5.74, 6) is 0.0172. The minimum absolute atomic E-state index is 0.0172. The lowest BCUT2D eigenvalue weighted by atomic mass is 10.00. The van der Waals surface area contributed by atoms with Crippen molar-refractivity contribution in [2.45, 2.75) is 12.5 Å². The van der Waals surface area contributed by atoms with Gasteiger partial charge in [0, 0.05) is 17.1 Å². The van der Waals surface area contributed by atoms with Gasteiger partial charge in [-0.2, -0.15) is 0 Å². The van der Waals surface area contributed by atoms with Crippen LogP contribution in [0, 0.1) is 0 Å². The summed E-state index contributed by atoms with van der Waals surface area (Å²) in [6, 6.07) is 16.1. The Morgan fingerprint density at radius 2 is 1.90 bits per heavy atom. The molecule has 0 saturated carbocycles. The molecule has 1 heterocycles. The second-order valence-electron chi connectivity index (χ2n) is 5.24. The van der Waals surface area contributed by atoms with Crippen LogP contribution in [-0.2, 0) is 6.42 Å². The number of nitrogens with one attached hydrogen (secondary N) is 1. The second kappa shape index (κ2) is 5.46. The molecular weight excluding hydrogens is 260 g/mol. The molecular formula is C18H18N2O. The molecule has 0 fully saturated rings. The van der Waals surface area contributed by atoms with Crippen molar-refractivity contribution < 1.29 is 5.11 Å². The average molecular weight is 278 g/mol. The number of aromatic amines is 1. The Morgan fingerprint density at radius 3 is 2.62 bits per heavy atom. The van der Waals surface area contributed by atoms with Crippen molar-refractivity contribution in [1.29, 1.82) is 0 Å². The molecule has 2 aromatic carbocycles. The number of rotatable bonds is 4. The maximum absolute atomic E-state index is 9.39. The maximum atomic E-state index is 9.39. The summed E-state index contributed by atoms with van der Waals surface area (Å²) >= 11 is 0. The van der Waals surface area contributed by atoms with Gasteiger partial charge in [0.1, 0.15) is 5.76 Å². The van der Waals surface area contributed by atoms with E-state index in [0.717, 1.165) is 16.5 Å². The summed E-state index contributed by atoms with van der Waals surface area (Å²) in [5.41, 5.74) is 10.4. The smallest absolute Gasteiger partial charge is 0.102 e. The van der Waals surface area contributed by atoms with Crippen molar-refractivity contribution in [2.24, 2.45) is 5.73 Å². The van der Waals surface area contributed by atoms with Gasteiger partial charge in [-0.1, -0.05) is 43.0 Å². The van der Waals surface area contributed by atoms with E-state index in [2.05, 4.69) is 41.9 Å². The molecule has 3 aromatic rings. The van der Waals surface area contributed by atoms with E-state index in [1.165, 1.54) is 11.1 Å². The molecule has 4 N–H and O–H groups in total. The number of aromatic nitrogens is 1. The van der Waals surface area contributed by atoms with Crippen molar-refractivity contribution in [3.63, 3.8) is 0 Å². The van der Waals surface area contributed by atoms with E-state index in [9.17, 15) is 5.11 Å². The standard InChI is InChI=1S/C18H18N2O/c1-12(21)17(19)10-15-11-20-18-8-7-14(9-16(15)18)13-5-3-2-4-6-13/h2-9,11,17,20-21H,1,10,19H2. The predicted molar refractivity (Wildman–Crippen MR) is 87.2 cm³/mol. The molecule has 0 aliphatic rings. The number of nitrogens with two attached hydrogens (primary N) is 1. The third kappa shape index (κ3) is 2.69. The largest absolute Gasteiger partial charge is 0.511 e. The van der Waals surface area contributed by atoms with Gasteiger partial charge in [-0.05, 0) is 35.2 Å². The number of benzene rings is 2. The summed E-state index contributed by atoms with van der Waals surface area (Å²) < 4.78 is 0. The van der Waals surface area contributed by atoms with Crippen LogP contribution in [-0.4, -0.2) is 16.1 Å². The van der Waals surface area contributed by atoms with E-state index in [0.29, 0.717) is 6.42 Å². The molecule has 0 saturated heterocycles. The highest BCUT2D eigenvalue weighted by Gasteiger charge is 2.11. The lowest BCUT2D eigenvalue weighted by Gasteiger charge is -2.09. The third-order valence-corrected chi connectivity index (χ3v) is 3.74. The fraction of sp³-hybridized carbons (Fsp3) is 0.111. The SMILES string of the molecule is C=C(O)C(N)Cc1c[nH]c2ccc(-c3ccccc3)cc12. The van der Waals surface area contributed by atoms with Crippen molar-refractivity contribution in [2.75, 3.05) is 0 Å². The Kier molecular flexibility index (Phi) is 3.50. The average Bonchev–Trinajstić information content (AvgIpc) is 2.90.